The van der Waals surface area contributed by atoms with Gasteiger partial charge in [-0.25, -0.2) is 12.6 Å². The van der Waals surface area contributed by atoms with E-state index in [-0.39, 0.29) is 16.3 Å². The van der Waals surface area contributed by atoms with E-state index in [0.29, 0.717) is 11.3 Å². The van der Waals surface area contributed by atoms with Crippen molar-refractivity contribution >= 4 is 25.8 Å². The van der Waals surface area contributed by atoms with Crippen molar-refractivity contribution in [1.82, 2.24) is 0 Å². The van der Waals surface area contributed by atoms with Gasteiger partial charge in [-0.1, -0.05) is 68.0 Å². The van der Waals surface area contributed by atoms with Crippen LogP contribution in [-0.4, -0.2) is 29.5 Å². The maximum Gasteiger partial charge on any atom is 0.298 e. The molecule has 0 N–H and O–H groups in total. The Kier molecular flexibility index (Phi) is 8.68. The topological polar surface area (TPSA) is 105 Å². The maximum absolute atomic E-state index is 13.6. The Balaban J connectivity index is 1.98. The Hall–Kier alpha value is -3.63. The molecule has 7 nitrogen and oxygen atoms in total. The largest absolute Gasteiger partial charge is 0.298 e. The summed E-state index contributed by atoms with van der Waals surface area (Å²) < 4.78 is 59.7. The lowest BCUT2D eigenvalue weighted by Crippen LogP contribution is -2.33. The Morgan fingerprint density at radius 3 is 1.79 bits per heavy atom. The molecular weight excluding hydrogens is 520 g/mol. The third kappa shape index (κ3) is 7.02. The third-order valence-corrected chi connectivity index (χ3v) is 8.75. The van der Waals surface area contributed by atoms with Crippen LogP contribution >= 0.6 is 0 Å². The van der Waals surface area contributed by atoms with Crippen molar-refractivity contribution in [2.45, 2.75) is 50.5 Å². The molecule has 0 aliphatic rings. The van der Waals surface area contributed by atoms with Crippen molar-refractivity contribution in [1.29, 1.82) is 5.26 Å². The van der Waals surface area contributed by atoms with Gasteiger partial charge in [0.1, 0.15) is 6.10 Å². The normalized spacial score (nSPS) is 12.6. The van der Waals surface area contributed by atoms with Gasteiger partial charge in [-0.2, -0.15) is 13.7 Å². The van der Waals surface area contributed by atoms with Crippen LogP contribution < -0.4 is 4.31 Å². The van der Waals surface area contributed by atoms with Crippen molar-refractivity contribution in [3.63, 3.8) is 0 Å². The van der Waals surface area contributed by atoms with Crippen LogP contribution in [0.25, 0.3) is 0 Å². The highest BCUT2D eigenvalue weighted by molar-refractivity contribution is 7.92. The Labute approximate surface area is 225 Å². The van der Waals surface area contributed by atoms with Crippen LogP contribution in [0.3, 0.4) is 0 Å². The second kappa shape index (κ2) is 11.4. The Morgan fingerprint density at radius 2 is 1.32 bits per heavy atom. The summed E-state index contributed by atoms with van der Waals surface area (Å²) in [6.45, 7) is 8.82. The molecule has 3 aromatic rings. The van der Waals surface area contributed by atoms with Crippen LogP contribution in [0.5, 0.6) is 0 Å². The molecular formula is C29H30N2O5S2. The van der Waals surface area contributed by atoms with Gasteiger partial charge in [0.25, 0.3) is 20.1 Å². The summed E-state index contributed by atoms with van der Waals surface area (Å²) >= 11 is 0. The van der Waals surface area contributed by atoms with Gasteiger partial charge in [-0.3, -0.25) is 4.31 Å². The first kappa shape index (κ1) is 28.9. The zero-order chi connectivity index (χ0) is 28.1. The summed E-state index contributed by atoms with van der Waals surface area (Å²) in [6.07, 6.45) is -1.04. The van der Waals surface area contributed by atoms with Gasteiger partial charge in [-0.05, 0) is 62.4 Å². The molecule has 38 heavy (non-hydrogen) atoms. The average molecular weight is 551 g/mol. The molecule has 0 spiro atoms. The van der Waals surface area contributed by atoms with E-state index < -0.39 is 31.7 Å². The van der Waals surface area contributed by atoms with Gasteiger partial charge >= 0.3 is 0 Å². The first-order valence-electron chi connectivity index (χ1n) is 11.8. The van der Waals surface area contributed by atoms with Crippen molar-refractivity contribution < 1.29 is 21.0 Å². The van der Waals surface area contributed by atoms with Crippen LogP contribution in [0.4, 0.5) is 5.69 Å². The summed E-state index contributed by atoms with van der Waals surface area (Å²) in [4.78, 5) is 0.0973. The molecule has 0 heterocycles. The van der Waals surface area contributed by atoms with Crippen LogP contribution in [-0.2, 0) is 24.3 Å². The zero-order valence-corrected chi connectivity index (χ0v) is 23.6. The summed E-state index contributed by atoms with van der Waals surface area (Å²) in [5.41, 5.74) is 1.83. The Bertz CT molecular complexity index is 1590. The molecule has 0 aliphatic carbocycles. The van der Waals surface area contributed by atoms with Crippen molar-refractivity contribution in [2.75, 3.05) is 10.8 Å². The maximum atomic E-state index is 13.6. The van der Waals surface area contributed by atoms with Crippen molar-refractivity contribution in [3.8, 4) is 17.9 Å². The molecule has 1 unspecified atom stereocenters. The summed E-state index contributed by atoms with van der Waals surface area (Å²) in [5.74, 6) is 5.67. The summed E-state index contributed by atoms with van der Waals surface area (Å²) in [5, 5.41) is 9.13. The number of aryl methyl sites for hydroxylation is 2. The highest BCUT2D eigenvalue weighted by Crippen LogP contribution is 2.27. The smallest absolute Gasteiger partial charge is 0.254 e. The molecule has 9 heteroatoms. The minimum Gasteiger partial charge on any atom is -0.254 e. The monoisotopic (exact) mass is 550 g/mol. The van der Waals surface area contributed by atoms with E-state index in [1.165, 1.54) is 48.5 Å². The Morgan fingerprint density at radius 1 is 0.816 bits per heavy atom. The highest BCUT2D eigenvalue weighted by Gasteiger charge is 2.31. The van der Waals surface area contributed by atoms with Crippen LogP contribution in [0.2, 0.25) is 0 Å². The number of nitriles is 1. The first-order valence-corrected chi connectivity index (χ1v) is 14.7. The van der Waals surface area contributed by atoms with E-state index in [1.807, 2.05) is 19.9 Å². The van der Waals surface area contributed by atoms with Crippen LogP contribution in [0.15, 0.2) is 82.6 Å². The number of hydrogen-bond donors (Lipinski definition) is 0. The van der Waals surface area contributed by atoms with Gasteiger partial charge in [-0.15, -0.1) is 0 Å². The average Bonchev–Trinajstić information content (AvgIpc) is 2.86. The van der Waals surface area contributed by atoms with E-state index in [2.05, 4.69) is 11.8 Å². The van der Waals surface area contributed by atoms with Gasteiger partial charge in [0, 0.05) is 5.41 Å². The molecule has 0 aliphatic heterocycles. The molecule has 0 fully saturated rings. The minimum absolute atomic E-state index is 0.0142. The molecule has 0 bridgehead atoms. The van der Waals surface area contributed by atoms with Crippen molar-refractivity contribution in [2.24, 2.45) is 5.41 Å². The van der Waals surface area contributed by atoms with E-state index in [0.717, 1.165) is 15.4 Å². The first-order chi connectivity index (χ1) is 17.7. The standard InChI is InChI=1S/C29H30N2O5S2/c1-22-8-16-26(17-9-22)37(32,33)31(25-14-12-24(21-30)13-15-25)20-6-7-28(29(3,4)5)36-38(34,35)27-18-10-23(2)11-19-27/h8-19,28H,20H2,1-5H3. The lowest BCUT2D eigenvalue weighted by atomic mass is 9.89. The number of rotatable bonds is 7. The van der Waals surface area contributed by atoms with Gasteiger partial charge in [0.15, 0.2) is 0 Å². The number of anilines is 1. The van der Waals surface area contributed by atoms with E-state index in [4.69, 9.17) is 9.44 Å². The number of benzene rings is 3. The van der Waals surface area contributed by atoms with Crippen molar-refractivity contribution in [3.05, 3.63) is 89.5 Å². The SMILES string of the molecule is Cc1ccc(S(=O)(=O)OC(C#CCN(c2ccc(C#N)cc2)S(=O)(=O)c2ccc(C)cc2)C(C)(C)C)cc1. The fourth-order valence-electron chi connectivity index (χ4n) is 3.34. The quantitative estimate of drug-likeness (QED) is 0.296. The van der Waals surface area contributed by atoms with E-state index >= 15 is 0 Å². The third-order valence-electron chi connectivity index (χ3n) is 5.67. The van der Waals surface area contributed by atoms with Gasteiger partial charge in [0.2, 0.25) is 0 Å². The van der Waals surface area contributed by atoms with Gasteiger partial charge in [0.05, 0.1) is 33.7 Å². The molecule has 0 saturated carbocycles. The number of sulfonamides is 1. The second-order valence-electron chi connectivity index (χ2n) is 9.91. The predicted octanol–water partition coefficient (Wildman–Crippen LogP) is 5.19. The fraction of sp³-hybridized carbons (Fsp3) is 0.276. The van der Waals surface area contributed by atoms with Crippen LogP contribution in [0, 0.1) is 42.4 Å². The molecule has 3 rings (SSSR count). The van der Waals surface area contributed by atoms with E-state index in [9.17, 15) is 16.8 Å². The lowest BCUT2D eigenvalue weighted by Gasteiger charge is -2.26. The predicted molar refractivity (Wildman–Crippen MR) is 147 cm³/mol. The summed E-state index contributed by atoms with van der Waals surface area (Å²) in [7, 11) is -8.13. The molecule has 198 valence electrons. The molecule has 0 amide bonds. The lowest BCUT2D eigenvalue weighted by molar-refractivity contribution is 0.143. The zero-order valence-electron chi connectivity index (χ0n) is 22.0. The molecule has 0 aromatic heterocycles. The second-order valence-corrected chi connectivity index (χ2v) is 13.3. The molecule has 3 aromatic carbocycles. The molecule has 0 radical (unpaired) electrons. The summed E-state index contributed by atoms with van der Waals surface area (Å²) in [6, 6.07) is 20.9. The molecule has 0 saturated heterocycles. The number of hydrogen-bond acceptors (Lipinski definition) is 6. The number of nitrogens with zero attached hydrogens (tertiary/aromatic N) is 2. The van der Waals surface area contributed by atoms with Gasteiger partial charge < -0.3 is 0 Å². The minimum atomic E-state index is -4.11. The molecule has 1 atom stereocenters. The van der Waals surface area contributed by atoms with E-state index in [1.54, 1.807) is 45.0 Å². The highest BCUT2D eigenvalue weighted by atomic mass is 32.2. The van der Waals surface area contributed by atoms with Crippen LogP contribution in [0.1, 0.15) is 37.5 Å². The fourth-order valence-corrected chi connectivity index (χ4v) is 5.88.